The molecule has 0 spiro atoms. The van der Waals surface area contributed by atoms with Gasteiger partial charge in [-0.3, -0.25) is 9.59 Å². The normalized spacial score (nSPS) is 24.8. The number of ether oxygens (including phenoxy) is 1. The van der Waals surface area contributed by atoms with Gasteiger partial charge in [-0.05, 0) is 47.8 Å². The fourth-order valence-corrected chi connectivity index (χ4v) is 7.06. The quantitative estimate of drug-likeness (QED) is 0.525. The van der Waals surface area contributed by atoms with Gasteiger partial charge in [0.05, 0.1) is 23.4 Å². The summed E-state index contributed by atoms with van der Waals surface area (Å²) in [4.78, 5) is 31.4. The summed E-state index contributed by atoms with van der Waals surface area (Å²) >= 11 is 1.60. The second-order valence-electron chi connectivity index (χ2n) is 10.5. The first-order valence-corrected chi connectivity index (χ1v) is 13.9. The van der Waals surface area contributed by atoms with Crippen molar-refractivity contribution in [1.29, 1.82) is 0 Å². The number of thiophene rings is 1. The van der Waals surface area contributed by atoms with Crippen molar-refractivity contribution in [3.05, 3.63) is 71.1 Å². The largest absolute Gasteiger partial charge is 0.381 e. The first-order valence-electron chi connectivity index (χ1n) is 13.1. The van der Waals surface area contributed by atoms with Gasteiger partial charge in [-0.1, -0.05) is 48.5 Å². The molecule has 1 N–H and O–H groups in total. The van der Waals surface area contributed by atoms with Gasteiger partial charge in [0.1, 0.15) is 0 Å². The molecule has 6 rings (SSSR count). The highest BCUT2D eigenvalue weighted by atomic mass is 32.1. The van der Waals surface area contributed by atoms with Gasteiger partial charge in [0.15, 0.2) is 0 Å². The second kappa shape index (κ2) is 10.3. The van der Waals surface area contributed by atoms with E-state index in [0.717, 1.165) is 61.4 Å². The van der Waals surface area contributed by atoms with Crippen LogP contribution >= 0.6 is 11.3 Å². The molecule has 36 heavy (non-hydrogen) atoms. The number of amides is 2. The predicted molar refractivity (Wildman–Crippen MR) is 142 cm³/mol. The van der Waals surface area contributed by atoms with Crippen molar-refractivity contribution >= 4 is 33.2 Å². The average molecular weight is 504 g/mol. The SMILES string of the molecule is O=C(N[C@@H](CCN1CC2CN(C(=O)c3cc4ccccc4s3)CC2C1)c1ccccc1)C1CCOC1. The van der Waals surface area contributed by atoms with Gasteiger partial charge in [-0.2, -0.15) is 0 Å². The van der Waals surface area contributed by atoms with Crippen molar-refractivity contribution < 1.29 is 14.3 Å². The maximum absolute atomic E-state index is 13.2. The summed E-state index contributed by atoms with van der Waals surface area (Å²) in [6.07, 6.45) is 1.69. The van der Waals surface area contributed by atoms with Gasteiger partial charge in [0.25, 0.3) is 5.91 Å². The zero-order chi connectivity index (χ0) is 24.5. The van der Waals surface area contributed by atoms with E-state index in [9.17, 15) is 9.59 Å². The number of carbonyl (C=O) groups excluding carboxylic acids is 2. The molecule has 3 aliphatic heterocycles. The molecule has 7 heteroatoms. The molecule has 2 amide bonds. The van der Waals surface area contributed by atoms with E-state index in [1.807, 2.05) is 36.4 Å². The lowest BCUT2D eigenvalue weighted by molar-refractivity contribution is -0.125. The molecule has 0 radical (unpaired) electrons. The summed E-state index contributed by atoms with van der Waals surface area (Å²) in [6, 6.07) is 20.5. The van der Waals surface area contributed by atoms with Crippen molar-refractivity contribution in [1.82, 2.24) is 15.1 Å². The molecule has 2 aromatic carbocycles. The van der Waals surface area contributed by atoms with E-state index in [4.69, 9.17) is 4.74 Å². The number of likely N-dealkylation sites (tertiary alicyclic amines) is 2. The monoisotopic (exact) mass is 503 g/mol. The number of hydrogen-bond donors (Lipinski definition) is 1. The Bertz CT molecular complexity index is 1180. The molecule has 3 unspecified atom stereocenters. The summed E-state index contributed by atoms with van der Waals surface area (Å²) in [5, 5.41) is 4.45. The van der Waals surface area contributed by atoms with Crippen LogP contribution in [0.2, 0.25) is 0 Å². The third-order valence-corrected chi connectivity index (χ3v) is 9.14. The van der Waals surface area contributed by atoms with E-state index < -0.39 is 0 Å². The van der Waals surface area contributed by atoms with Crippen LogP contribution in [-0.4, -0.2) is 67.6 Å². The molecule has 4 heterocycles. The molecule has 1 aromatic heterocycles. The van der Waals surface area contributed by atoms with Crippen molar-refractivity contribution in [3.8, 4) is 0 Å². The van der Waals surface area contributed by atoms with E-state index >= 15 is 0 Å². The van der Waals surface area contributed by atoms with Crippen molar-refractivity contribution in [2.45, 2.75) is 18.9 Å². The van der Waals surface area contributed by atoms with Crippen LogP contribution in [0.25, 0.3) is 10.1 Å². The van der Waals surface area contributed by atoms with Gasteiger partial charge < -0.3 is 19.9 Å². The number of rotatable bonds is 7. The first kappa shape index (κ1) is 23.6. The molecule has 3 saturated heterocycles. The third kappa shape index (κ3) is 4.92. The molecule has 188 valence electrons. The van der Waals surface area contributed by atoms with Gasteiger partial charge in [0, 0.05) is 44.0 Å². The summed E-state index contributed by atoms with van der Waals surface area (Å²) in [5.74, 6) is 1.31. The van der Waals surface area contributed by atoms with E-state index in [-0.39, 0.29) is 23.8 Å². The highest BCUT2D eigenvalue weighted by molar-refractivity contribution is 7.20. The lowest BCUT2D eigenvalue weighted by Gasteiger charge is -2.25. The minimum atomic E-state index is -0.0354. The number of fused-ring (bicyclic) bond motifs is 2. The smallest absolute Gasteiger partial charge is 0.263 e. The summed E-state index contributed by atoms with van der Waals surface area (Å²) < 4.78 is 6.59. The van der Waals surface area contributed by atoms with E-state index in [1.165, 1.54) is 4.70 Å². The van der Waals surface area contributed by atoms with Crippen LogP contribution in [0.5, 0.6) is 0 Å². The Morgan fingerprint density at radius 1 is 1.00 bits per heavy atom. The molecule has 6 nitrogen and oxygen atoms in total. The van der Waals surface area contributed by atoms with Crippen LogP contribution in [0.3, 0.4) is 0 Å². The lowest BCUT2D eigenvalue weighted by atomic mass is 10.0. The fraction of sp³-hybridized carbons (Fsp3) is 0.448. The van der Waals surface area contributed by atoms with Crippen LogP contribution in [0.4, 0.5) is 0 Å². The van der Waals surface area contributed by atoms with Gasteiger partial charge in [-0.25, -0.2) is 0 Å². The minimum absolute atomic E-state index is 0.00535. The molecule has 0 bridgehead atoms. The number of nitrogens with one attached hydrogen (secondary N) is 1. The molecule has 3 aromatic rings. The Morgan fingerprint density at radius 3 is 2.47 bits per heavy atom. The number of nitrogens with zero attached hydrogens (tertiary/aromatic N) is 2. The fourth-order valence-electron chi connectivity index (χ4n) is 6.03. The topological polar surface area (TPSA) is 61.9 Å². The van der Waals surface area contributed by atoms with Crippen molar-refractivity contribution in [2.75, 3.05) is 45.9 Å². The first-order chi connectivity index (χ1) is 17.6. The predicted octanol–water partition coefficient (Wildman–Crippen LogP) is 4.19. The van der Waals surface area contributed by atoms with Gasteiger partial charge in [-0.15, -0.1) is 11.3 Å². The lowest BCUT2D eigenvalue weighted by Crippen LogP contribution is -2.37. The average Bonchev–Trinajstić information content (AvgIpc) is 3.69. The molecular weight excluding hydrogens is 470 g/mol. The Morgan fingerprint density at radius 2 is 1.75 bits per heavy atom. The number of carbonyl (C=O) groups is 2. The maximum atomic E-state index is 13.2. The van der Waals surface area contributed by atoms with Crippen LogP contribution in [0.15, 0.2) is 60.7 Å². The second-order valence-corrected chi connectivity index (χ2v) is 11.5. The highest BCUT2D eigenvalue weighted by Gasteiger charge is 2.42. The zero-order valence-electron chi connectivity index (χ0n) is 20.5. The van der Waals surface area contributed by atoms with Crippen LogP contribution in [0, 0.1) is 17.8 Å². The minimum Gasteiger partial charge on any atom is -0.381 e. The Hall–Kier alpha value is -2.74. The van der Waals surface area contributed by atoms with Gasteiger partial charge in [0.2, 0.25) is 5.91 Å². The maximum Gasteiger partial charge on any atom is 0.263 e. The van der Waals surface area contributed by atoms with E-state index in [0.29, 0.717) is 25.0 Å². The van der Waals surface area contributed by atoms with Crippen LogP contribution in [-0.2, 0) is 9.53 Å². The zero-order valence-corrected chi connectivity index (χ0v) is 21.3. The summed E-state index contributed by atoms with van der Waals surface area (Å²) in [7, 11) is 0. The van der Waals surface area contributed by atoms with Crippen molar-refractivity contribution in [3.63, 3.8) is 0 Å². The van der Waals surface area contributed by atoms with Crippen molar-refractivity contribution in [2.24, 2.45) is 17.8 Å². The van der Waals surface area contributed by atoms with E-state index in [1.54, 1.807) is 11.3 Å². The van der Waals surface area contributed by atoms with Gasteiger partial charge >= 0.3 is 0 Å². The highest BCUT2D eigenvalue weighted by Crippen LogP contribution is 2.34. The summed E-state index contributed by atoms with van der Waals surface area (Å²) in [5.41, 5.74) is 1.16. The molecule has 3 aliphatic rings. The standard InChI is InChI=1S/C29H33N3O3S/c33-28(22-11-13-35-19-22)30-25(20-6-2-1-3-7-20)10-12-31-15-23-17-32(18-24(23)16-31)29(34)27-14-21-8-4-5-9-26(21)36-27/h1-9,14,22-25H,10-13,15-19H2,(H,30,33)/t22?,23?,24?,25-/m0/s1. The Kier molecular flexibility index (Phi) is 6.78. The Balaban J connectivity index is 1.04. The van der Waals surface area contributed by atoms with E-state index in [2.05, 4.69) is 39.4 Å². The Labute approximate surface area is 216 Å². The van der Waals surface area contributed by atoms with Crippen LogP contribution in [0.1, 0.15) is 34.1 Å². The number of benzene rings is 2. The van der Waals surface area contributed by atoms with Crippen LogP contribution < -0.4 is 5.32 Å². The molecule has 3 fully saturated rings. The molecule has 4 atom stereocenters. The summed E-state index contributed by atoms with van der Waals surface area (Å²) in [6.45, 7) is 5.87. The third-order valence-electron chi connectivity index (χ3n) is 8.04. The molecule has 0 aliphatic carbocycles. The molecular formula is C29H33N3O3S. The number of hydrogen-bond acceptors (Lipinski definition) is 5. The molecule has 0 saturated carbocycles.